The van der Waals surface area contributed by atoms with Gasteiger partial charge in [0.15, 0.2) is 5.60 Å². The van der Waals surface area contributed by atoms with Gasteiger partial charge in [-0.1, -0.05) is 32.0 Å². The van der Waals surface area contributed by atoms with Crippen LogP contribution in [0.15, 0.2) is 30.3 Å². The summed E-state index contributed by atoms with van der Waals surface area (Å²) in [6.07, 6.45) is 0.525. The molecule has 0 radical (unpaired) electrons. The highest BCUT2D eigenvalue weighted by Gasteiger charge is 2.30. The highest BCUT2D eigenvalue weighted by atomic mass is 16.4. The number of aliphatic carboxylic acids is 1. The van der Waals surface area contributed by atoms with Gasteiger partial charge in [0, 0.05) is 5.69 Å². The van der Waals surface area contributed by atoms with Gasteiger partial charge in [0.25, 0.3) is 0 Å². The maximum Gasteiger partial charge on any atom is 0.335 e. The normalized spacial score (nSPS) is 10.1. The zero-order chi connectivity index (χ0) is 13.3. The fraction of sp³-hybridized carbons (Fsp3) is 0.417. The molecule has 0 amide bonds. The Balaban J connectivity index is 0.000000302. The fourth-order valence-electron chi connectivity index (χ4n) is 1.09. The van der Waals surface area contributed by atoms with E-state index < -0.39 is 11.6 Å². The van der Waals surface area contributed by atoms with Crippen LogP contribution in [0.1, 0.15) is 26.7 Å². The second-order valence-corrected chi connectivity index (χ2v) is 3.55. The third kappa shape index (κ3) is 5.33. The Hall–Kier alpha value is -1.59. The molecule has 0 aromatic heterocycles. The first-order valence-electron chi connectivity index (χ1n) is 5.47. The van der Waals surface area contributed by atoms with Gasteiger partial charge in [0.2, 0.25) is 0 Å². The second-order valence-electron chi connectivity index (χ2n) is 3.55. The summed E-state index contributed by atoms with van der Waals surface area (Å²) in [5.74, 6) is 3.97. The van der Waals surface area contributed by atoms with Crippen LogP contribution < -0.4 is 11.3 Å². The molecule has 5 N–H and O–H groups in total. The van der Waals surface area contributed by atoms with Crippen LogP contribution in [0.3, 0.4) is 0 Å². The van der Waals surface area contributed by atoms with Crippen molar-refractivity contribution in [2.24, 2.45) is 5.84 Å². The number of nitrogens with two attached hydrogens (primary N) is 1. The van der Waals surface area contributed by atoms with Crippen LogP contribution in [-0.2, 0) is 4.79 Å². The minimum atomic E-state index is -1.50. The predicted molar refractivity (Wildman–Crippen MR) is 67.4 cm³/mol. The molecule has 17 heavy (non-hydrogen) atoms. The number of nitrogen functional groups attached to an aromatic ring is 1. The molecule has 1 aromatic carbocycles. The van der Waals surface area contributed by atoms with E-state index in [4.69, 9.17) is 16.1 Å². The van der Waals surface area contributed by atoms with Crippen molar-refractivity contribution < 1.29 is 15.0 Å². The third-order valence-corrected chi connectivity index (χ3v) is 2.51. The summed E-state index contributed by atoms with van der Waals surface area (Å²) in [7, 11) is 0. The highest BCUT2D eigenvalue weighted by molar-refractivity contribution is 5.76. The Labute approximate surface area is 101 Å². The summed E-state index contributed by atoms with van der Waals surface area (Å²) in [4.78, 5) is 10.2. The van der Waals surface area contributed by atoms with Gasteiger partial charge in [-0.25, -0.2) is 4.79 Å². The van der Waals surface area contributed by atoms with Crippen LogP contribution in [0, 0.1) is 0 Å². The average Bonchev–Trinajstić information content (AvgIpc) is 2.39. The quantitative estimate of drug-likeness (QED) is 0.473. The van der Waals surface area contributed by atoms with Crippen molar-refractivity contribution in [3.8, 4) is 0 Å². The number of hydrogen-bond acceptors (Lipinski definition) is 4. The van der Waals surface area contributed by atoms with Gasteiger partial charge in [-0.3, -0.25) is 5.84 Å². The number of rotatable bonds is 4. The Morgan fingerprint density at radius 3 is 1.94 bits per heavy atom. The third-order valence-electron chi connectivity index (χ3n) is 2.51. The zero-order valence-corrected chi connectivity index (χ0v) is 10.2. The smallest absolute Gasteiger partial charge is 0.335 e. The van der Waals surface area contributed by atoms with Crippen molar-refractivity contribution in [1.82, 2.24) is 0 Å². The Bertz CT molecular complexity index is 324. The molecule has 0 atom stereocenters. The monoisotopic (exact) mass is 240 g/mol. The van der Waals surface area contributed by atoms with Crippen LogP contribution in [-0.4, -0.2) is 21.8 Å². The van der Waals surface area contributed by atoms with E-state index in [0.717, 1.165) is 5.69 Å². The standard InChI is InChI=1S/C6H8N2.C6H12O3/c7-8-6-4-2-1-3-5-6;1-3-6(9,4-2)5(7)8/h1-5,8H,7H2;9H,3-4H2,1-2H3,(H,7,8). The second kappa shape index (κ2) is 7.65. The fourth-order valence-corrected chi connectivity index (χ4v) is 1.09. The molecule has 0 fully saturated rings. The molecule has 1 aromatic rings. The lowest BCUT2D eigenvalue weighted by Gasteiger charge is -2.18. The highest BCUT2D eigenvalue weighted by Crippen LogP contribution is 2.13. The number of carbonyl (C=O) groups is 1. The number of hydrogen-bond donors (Lipinski definition) is 4. The molecule has 5 nitrogen and oxygen atoms in total. The topological polar surface area (TPSA) is 95.6 Å². The van der Waals surface area contributed by atoms with Crippen molar-refractivity contribution >= 4 is 11.7 Å². The molecule has 0 heterocycles. The molecule has 0 unspecified atom stereocenters. The molecule has 0 aliphatic carbocycles. The summed E-state index contributed by atoms with van der Waals surface area (Å²) in [6, 6.07) is 9.60. The Morgan fingerprint density at radius 1 is 1.29 bits per heavy atom. The number of anilines is 1. The number of hydrazine groups is 1. The van der Waals surface area contributed by atoms with Gasteiger partial charge in [0.1, 0.15) is 0 Å². The van der Waals surface area contributed by atoms with Crippen molar-refractivity contribution in [2.45, 2.75) is 32.3 Å². The van der Waals surface area contributed by atoms with Crippen LogP contribution in [0.4, 0.5) is 5.69 Å². The lowest BCUT2D eigenvalue weighted by atomic mass is 9.98. The summed E-state index contributed by atoms with van der Waals surface area (Å²) in [5, 5.41) is 17.5. The summed E-state index contributed by atoms with van der Waals surface area (Å²) in [5.41, 5.74) is 1.96. The van der Waals surface area contributed by atoms with Crippen LogP contribution in [0.5, 0.6) is 0 Å². The summed E-state index contributed by atoms with van der Waals surface area (Å²) < 4.78 is 0. The van der Waals surface area contributed by atoms with Gasteiger partial charge >= 0.3 is 5.97 Å². The van der Waals surface area contributed by atoms with E-state index in [1.165, 1.54) is 0 Å². The van der Waals surface area contributed by atoms with E-state index in [1.807, 2.05) is 30.3 Å². The Morgan fingerprint density at radius 2 is 1.76 bits per heavy atom. The van der Waals surface area contributed by atoms with Gasteiger partial charge in [-0.05, 0) is 25.0 Å². The average molecular weight is 240 g/mol. The molecule has 1 rings (SSSR count). The number of para-hydroxylation sites is 1. The number of benzene rings is 1. The van der Waals surface area contributed by atoms with Gasteiger partial charge < -0.3 is 15.6 Å². The minimum Gasteiger partial charge on any atom is -0.479 e. The van der Waals surface area contributed by atoms with E-state index >= 15 is 0 Å². The predicted octanol–water partition coefficient (Wildman–Crippen LogP) is 1.59. The Kier molecular flexibility index (Phi) is 6.93. The van der Waals surface area contributed by atoms with Crippen LogP contribution >= 0.6 is 0 Å². The lowest BCUT2D eigenvalue weighted by Crippen LogP contribution is -2.36. The maximum absolute atomic E-state index is 10.2. The number of aliphatic hydroxyl groups is 1. The first-order chi connectivity index (χ1) is 8.00. The molecule has 0 bridgehead atoms. The van der Waals surface area contributed by atoms with Crippen LogP contribution in [0.2, 0.25) is 0 Å². The van der Waals surface area contributed by atoms with Gasteiger partial charge in [0.05, 0.1) is 0 Å². The molecule has 96 valence electrons. The van der Waals surface area contributed by atoms with E-state index in [0.29, 0.717) is 0 Å². The summed E-state index contributed by atoms with van der Waals surface area (Å²) in [6.45, 7) is 3.30. The van der Waals surface area contributed by atoms with Gasteiger partial charge in [-0.15, -0.1) is 0 Å². The van der Waals surface area contributed by atoms with E-state index in [9.17, 15) is 4.79 Å². The molecule has 0 saturated heterocycles. The molecule has 0 aliphatic rings. The first-order valence-corrected chi connectivity index (χ1v) is 5.47. The largest absolute Gasteiger partial charge is 0.479 e. The number of carboxylic acids is 1. The number of nitrogens with one attached hydrogen (secondary N) is 1. The zero-order valence-electron chi connectivity index (χ0n) is 10.2. The molecule has 0 spiro atoms. The SMILES string of the molecule is CCC(O)(CC)C(=O)O.NNc1ccccc1. The first kappa shape index (κ1) is 15.4. The van der Waals surface area contributed by atoms with Gasteiger partial charge in [-0.2, -0.15) is 0 Å². The van der Waals surface area contributed by atoms with Crippen molar-refractivity contribution in [3.05, 3.63) is 30.3 Å². The van der Waals surface area contributed by atoms with E-state index in [-0.39, 0.29) is 12.8 Å². The minimum absolute atomic E-state index is 0.263. The van der Waals surface area contributed by atoms with Crippen LogP contribution in [0.25, 0.3) is 0 Å². The molecular formula is C12H20N2O3. The van der Waals surface area contributed by atoms with E-state index in [1.54, 1.807) is 13.8 Å². The lowest BCUT2D eigenvalue weighted by molar-refractivity contribution is -0.159. The van der Waals surface area contributed by atoms with Crippen molar-refractivity contribution in [3.63, 3.8) is 0 Å². The molecule has 0 saturated carbocycles. The maximum atomic E-state index is 10.2. The van der Waals surface area contributed by atoms with E-state index in [2.05, 4.69) is 5.43 Å². The molecule has 0 aliphatic heterocycles. The van der Waals surface area contributed by atoms with Crippen molar-refractivity contribution in [1.29, 1.82) is 0 Å². The summed E-state index contributed by atoms with van der Waals surface area (Å²) >= 11 is 0. The van der Waals surface area contributed by atoms with Crippen molar-refractivity contribution in [2.75, 3.05) is 5.43 Å². The molecule has 5 heteroatoms. The molecular weight excluding hydrogens is 220 g/mol. The number of carboxylic acid groups (broad SMARTS) is 1.